The lowest BCUT2D eigenvalue weighted by molar-refractivity contribution is 0.0929. The number of fused-ring (bicyclic) bond motifs is 2. The summed E-state index contributed by atoms with van der Waals surface area (Å²) in [4.78, 5) is 12.7. The fourth-order valence-electron chi connectivity index (χ4n) is 4.00. The first-order valence-corrected chi connectivity index (χ1v) is 12.7. The number of nitrogens with one attached hydrogen (secondary N) is 1. The van der Waals surface area contributed by atoms with Crippen molar-refractivity contribution in [1.29, 1.82) is 0 Å². The minimum absolute atomic E-state index is 0.213. The van der Waals surface area contributed by atoms with Gasteiger partial charge in [0, 0.05) is 43.6 Å². The lowest BCUT2D eigenvalue weighted by Crippen LogP contribution is -2.16. The quantitative estimate of drug-likeness (QED) is 0.122. The molecule has 1 N–H and O–H groups in total. The highest BCUT2D eigenvalue weighted by molar-refractivity contribution is 14.1. The Bertz CT molecular complexity index is 1570. The average Bonchev–Trinajstić information content (AvgIpc) is 3.36. The molecule has 0 aliphatic carbocycles. The van der Waals surface area contributed by atoms with E-state index in [0.29, 0.717) is 17.2 Å². The van der Waals surface area contributed by atoms with Crippen LogP contribution in [-0.4, -0.2) is 16.7 Å². The Kier molecular flexibility index (Phi) is 6.50. The molecule has 0 aliphatic rings. The average molecular weight is 647 g/mol. The molecule has 34 heavy (non-hydrogen) atoms. The molecule has 5 rings (SSSR count). The predicted molar refractivity (Wildman–Crippen MR) is 149 cm³/mol. The zero-order chi connectivity index (χ0) is 23.8. The Morgan fingerprint density at radius 2 is 1.94 bits per heavy atom. The topological polar surface area (TPSA) is 59.5 Å². The van der Waals surface area contributed by atoms with Crippen molar-refractivity contribution in [2.75, 3.05) is 0 Å². The fourth-order valence-corrected chi connectivity index (χ4v) is 5.78. The number of hydrazone groups is 1. The maximum atomic E-state index is 12.7. The monoisotopic (exact) mass is 645 g/mol. The van der Waals surface area contributed by atoms with Crippen molar-refractivity contribution in [1.82, 2.24) is 9.99 Å². The van der Waals surface area contributed by atoms with E-state index in [4.69, 9.17) is 16.0 Å². The number of benzene rings is 3. The van der Waals surface area contributed by atoms with E-state index >= 15 is 0 Å². The third-order valence-corrected chi connectivity index (χ3v) is 7.16. The van der Waals surface area contributed by atoms with Gasteiger partial charge in [0.2, 0.25) is 0 Å². The van der Waals surface area contributed by atoms with Gasteiger partial charge >= 0.3 is 5.91 Å². The maximum absolute atomic E-state index is 12.7. The van der Waals surface area contributed by atoms with Crippen molar-refractivity contribution in [2.45, 2.75) is 13.5 Å². The number of amides is 1. The largest absolute Gasteiger partial charge is 0.450 e. The van der Waals surface area contributed by atoms with E-state index in [1.54, 1.807) is 12.3 Å². The Balaban J connectivity index is 1.42. The van der Waals surface area contributed by atoms with Crippen molar-refractivity contribution in [3.8, 4) is 0 Å². The molecule has 5 nitrogen and oxygen atoms in total. The molecule has 0 saturated heterocycles. The second kappa shape index (κ2) is 9.56. The highest BCUT2D eigenvalue weighted by atomic mass is 127. The van der Waals surface area contributed by atoms with E-state index < -0.39 is 5.91 Å². The van der Waals surface area contributed by atoms with Gasteiger partial charge in [-0.15, -0.1) is 0 Å². The fraction of sp³-hybridized carbons (Fsp3) is 0.0769. The van der Waals surface area contributed by atoms with Crippen LogP contribution in [0.15, 0.2) is 80.7 Å². The van der Waals surface area contributed by atoms with E-state index in [2.05, 4.69) is 72.7 Å². The first kappa shape index (κ1) is 23.1. The van der Waals surface area contributed by atoms with E-state index in [0.717, 1.165) is 41.2 Å². The van der Waals surface area contributed by atoms with Crippen LogP contribution in [-0.2, 0) is 6.54 Å². The van der Waals surface area contributed by atoms with Crippen molar-refractivity contribution < 1.29 is 9.21 Å². The van der Waals surface area contributed by atoms with Crippen LogP contribution in [0.25, 0.3) is 21.9 Å². The molecule has 2 heterocycles. The molecule has 0 fully saturated rings. The normalized spacial score (nSPS) is 11.6. The molecule has 5 aromatic rings. The second-order valence-electron chi connectivity index (χ2n) is 7.84. The summed E-state index contributed by atoms with van der Waals surface area (Å²) in [6.45, 7) is 2.76. The van der Waals surface area contributed by atoms with Crippen LogP contribution in [0.4, 0.5) is 0 Å². The zero-order valence-corrected chi connectivity index (χ0v) is 22.5. The summed E-state index contributed by atoms with van der Waals surface area (Å²) in [5, 5.41) is 6.88. The molecule has 0 aliphatic heterocycles. The number of nitrogens with zero attached hydrogens (tertiary/aromatic N) is 2. The number of aromatic nitrogens is 1. The van der Waals surface area contributed by atoms with Crippen molar-refractivity contribution in [3.63, 3.8) is 0 Å². The Labute approximate surface area is 223 Å². The number of hydrogen-bond donors (Lipinski definition) is 1. The molecule has 0 unspecified atom stereocenters. The standard InChI is InChI=1S/C26H18BrClIN3O2/c1-15-21(13-30-31-26(33)24-11-17-10-18(27)12-22(29)25(17)34-24)20-4-2-3-5-23(20)32(15)14-16-6-8-19(28)9-7-16/h2-13H,14H2,1H3,(H,31,33)/b30-13-. The smallest absolute Gasteiger partial charge is 0.307 e. The number of para-hydroxylation sites is 1. The Morgan fingerprint density at radius 3 is 2.74 bits per heavy atom. The van der Waals surface area contributed by atoms with E-state index in [9.17, 15) is 4.79 Å². The van der Waals surface area contributed by atoms with Gasteiger partial charge in [-0.25, -0.2) is 5.43 Å². The first-order chi connectivity index (χ1) is 16.4. The van der Waals surface area contributed by atoms with E-state index in [-0.39, 0.29) is 5.76 Å². The highest BCUT2D eigenvalue weighted by Crippen LogP contribution is 2.29. The second-order valence-corrected chi connectivity index (χ2v) is 10.4. The van der Waals surface area contributed by atoms with Crippen LogP contribution < -0.4 is 5.43 Å². The molecule has 0 bridgehead atoms. The van der Waals surface area contributed by atoms with Crippen LogP contribution in [0.2, 0.25) is 5.02 Å². The molecule has 0 atom stereocenters. The first-order valence-electron chi connectivity index (χ1n) is 10.4. The van der Waals surface area contributed by atoms with Crippen molar-refractivity contribution in [2.24, 2.45) is 5.10 Å². The lowest BCUT2D eigenvalue weighted by atomic mass is 10.1. The molecular weight excluding hydrogens is 629 g/mol. The number of rotatable bonds is 5. The molecule has 170 valence electrons. The molecule has 3 aromatic carbocycles. The SMILES string of the molecule is Cc1c(/C=N\NC(=O)c2cc3cc(Br)cc(I)c3o2)c2ccccc2n1Cc1ccc(Cl)cc1. The number of hydrogen-bond acceptors (Lipinski definition) is 3. The van der Waals surface area contributed by atoms with Gasteiger partial charge in [0.15, 0.2) is 5.76 Å². The summed E-state index contributed by atoms with van der Waals surface area (Å²) in [5.74, 6) is -0.188. The van der Waals surface area contributed by atoms with Crippen LogP contribution in [0, 0.1) is 10.5 Å². The van der Waals surface area contributed by atoms with Gasteiger partial charge in [-0.2, -0.15) is 5.10 Å². The summed E-state index contributed by atoms with van der Waals surface area (Å²) < 4.78 is 9.86. The molecule has 0 radical (unpaired) electrons. The van der Waals surface area contributed by atoms with Gasteiger partial charge in [-0.1, -0.05) is 57.9 Å². The molecule has 0 spiro atoms. The van der Waals surface area contributed by atoms with Crippen LogP contribution in [0.1, 0.15) is 27.4 Å². The minimum Gasteiger partial charge on any atom is -0.450 e. The highest BCUT2D eigenvalue weighted by Gasteiger charge is 2.15. The van der Waals surface area contributed by atoms with Crippen LogP contribution in [0.5, 0.6) is 0 Å². The van der Waals surface area contributed by atoms with Crippen molar-refractivity contribution in [3.05, 3.63) is 102 Å². The Morgan fingerprint density at radius 1 is 1.18 bits per heavy atom. The number of carbonyl (C=O) groups is 1. The maximum Gasteiger partial charge on any atom is 0.307 e. The third-order valence-electron chi connectivity index (χ3n) is 5.65. The van der Waals surface area contributed by atoms with Crippen LogP contribution in [0.3, 0.4) is 0 Å². The summed E-state index contributed by atoms with van der Waals surface area (Å²) in [5.41, 5.74) is 7.53. The summed E-state index contributed by atoms with van der Waals surface area (Å²) in [6.07, 6.45) is 1.69. The van der Waals surface area contributed by atoms with Crippen LogP contribution >= 0.6 is 50.1 Å². The number of halogens is 3. The lowest BCUT2D eigenvalue weighted by Gasteiger charge is -2.09. The number of carbonyl (C=O) groups excluding carboxylic acids is 1. The molecule has 2 aromatic heterocycles. The predicted octanol–water partition coefficient (Wildman–Crippen LogP) is 7.53. The van der Waals surface area contributed by atoms with Gasteiger partial charge in [-0.05, 0) is 71.5 Å². The van der Waals surface area contributed by atoms with Gasteiger partial charge in [-0.3, -0.25) is 4.79 Å². The van der Waals surface area contributed by atoms with Crippen molar-refractivity contribution >= 4 is 84.1 Å². The molecule has 1 amide bonds. The summed E-state index contributed by atoms with van der Waals surface area (Å²) in [7, 11) is 0. The van der Waals surface area contributed by atoms with Gasteiger partial charge in [0.25, 0.3) is 0 Å². The summed E-state index contributed by atoms with van der Waals surface area (Å²) in [6, 6.07) is 21.6. The van der Waals surface area contributed by atoms with Gasteiger partial charge in [0.05, 0.1) is 9.78 Å². The summed E-state index contributed by atoms with van der Waals surface area (Å²) >= 11 is 11.7. The van der Waals surface area contributed by atoms with Gasteiger partial charge in [0.1, 0.15) is 5.58 Å². The zero-order valence-electron chi connectivity index (χ0n) is 18.0. The minimum atomic E-state index is -0.401. The molecular formula is C26H18BrClIN3O2. The van der Waals surface area contributed by atoms with E-state index in [1.807, 2.05) is 48.5 Å². The van der Waals surface area contributed by atoms with E-state index in [1.165, 1.54) is 0 Å². The van der Waals surface area contributed by atoms with Gasteiger partial charge < -0.3 is 8.98 Å². The molecule has 8 heteroatoms. The third kappa shape index (κ3) is 4.52. The number of furan rings is 1. The molecule has 0 saturated carbocycles. The Hall–Kier alpha value is -2.62.